The Morgan fingerprint density at radius 1 is 1.73 bits per heavy atom. The van der Waals surface area contributed by atoms with E-state index in [9.17, 15) is 9.59 Å². The van der Waals surface area contributed by atoms with Crippen molar-refractivity contribution in [3.63, 3.8) is 0 Å². The predicted octanol–water partition coefficient (Wildman–Crippen LogP) is 0.332. The molecule has 0 aromatic rings. The molecule has 5 heteroatoms. The van der Waals surface area contributed by atoms with Crippen LogP contribution >= 0.6 is 11.8 Å². The van der Waals surface area contributed by atoms with E-state index in [2.05, 4.69) is 5.32 Å². The molecular formula is C10H18N2O2S. The molecule has 0 radical (unpaired) electrons. The average molecular weight is 230 g/mol. The highest BCUT2D eigenvalue weighted by atomic mass is 32.2. The maximum absolute atomic E-state index is 11.9. The van der Waals surface area contributed by atoms with Crippen molar-refractivity contribution >= 4 is 23.6 Å². The Kier molecular flexibility index (Phi) is 4.45. The van der Waals surface area contributed by atoms with Gasteiger partial charge in [0.15, 0.2) is 0 Å². The molecule has 0 bridgehead atoms. The lowest BCUT2D eigenvalue weighted by Gasteiger charge is -2.26. The molecule has 1 aliphatic rings. The highest BCUT2D eigenvalue weighted by Gasteiger charge is 2.31. The lowest BCUT2D eigenvalue weighted by molar-refractivity contribution is -0.135. The first-order valence-corrected chi connectivity index (χ1v) is 6.48. The molecule has 0 aromatic carbocycles. The van der Waals surface area contributed by atoms with Gasteiger partial charge in [0.2, 0.25) is 11.8 Å². The number of thioether (sulfide) groups is 1. The van der Waals surface area contributed by atoms with Crippen LogP contribution in [0.15, 0.2) is 0 Å². The number of carbonyl (C=O) groups is 2. The molecule has 2 unspecified atom stereocenters. The minimum absolute atomic E-state index is 0.0146. The fourth-order valence-corrected chi connectivity index (χ4v) is 2.34. The van der Waals surface area contributed by atoms with Crippen LogP contribution in [0.2, 0.25) is 0 Å². The van der Waals surface area contributed by atoms with Crippen molar-refractivity contribution in [2.45, 2.75) is 19.4 Å². The zero-order chi connectivity index (χ0) is 11.4. The molecule has 1 heterocycles. The number of nitrogens with one attached hydrogen (secondary N) is 1. The van der Waals surface area contributed by atoms with Crippen LogP contribution in [0.1, 0.15) is 13.3 Å². The van der Waals surface area contributed by atoms with E-state index in [1.54, 1.807) is 16.7 Å². The average Bonchev–Trinajstić information content (AvgIpc) is 2.63. The van der Waals surface area contributed by atoms with Crippen molar-refractivity contribution in [2.75, 3.05) is 25.6 Å². The summed E-state index contributed by atoms with van der Waals surface area (Å²) >= 11 is 1.72. The second-order valence-electron chi connectivity index (χ2n) is 3.96. The monoisotopic (exact) mass is 230 g/mol. The zero-order valence-corrected chi connectivity index (χ0v) is 10.3. The van der Waals surface area contributed by atoms with E-state index in [1.165, 1.54) is 0 Å². The second-order valence-corrected chi connectivity index (χ2v) is 4.87. The van der Waals surface area contributed by atoms with Crippen molar-refractivity contribution in [1.82, 2.24) is 10.2 Å². The lowest BCUT2D eigenvalue weighted by atomic mass is 10.1. The van der Waals surface area contributed by atoms with E-state index in [-0.39, 0.29) is 23.8 Å². The summed E-state index contributed by atoms with van der Waals surface area (Å²) in [4.78, 5) is 24.7. The van der Waals surface area contributed by atoms with Gasteiger partial charge in [-0.25, -0.2) is 0 Å². The Labute approximate surface area is 94.8 Å². The van der Waals surface area contributed by atoms with E-state index in [0.29, 0.717) is 13.0 Å². The second kappa shape index (κ2) is 5.39. The van der Waals surface area contributed by atoms with Gasteiger partial charge in [0.25, 0.3) is 0 Å². The molecule has 1 saturated heterocycles. The maximum Gasteiger partial charge on any atom is 0.227 e. The molecule has 0 saturated carbocycles. The molecule has 1 N–H and O–H groups in total. The summed E-state index contributed by atoms with van der Waals surface area (Å²) in [5.41, 5.74) is 0. The number of amides is 2. The first kappa shape index (κ1) is 12.4. The minimum atomic E-state index is -0.160. The number of hydrogen-bond donors (Lipinski definition) is 1. The number of carbonyl (C=O) groups excluding carboxylic acids is 2. The summed E-state index contributed by atoms with van der Waals surface area (Å²) in [7, 11) is 1.81. The molecule has 2 amide bonds. The SMILES string of the molecule is CSCC(C)N(C)C(=O)C1CNC(=O)C1. The standard InChI is InChI=1S/C10H18N2O2S/c1-7(6-15-3)12(2)10(14)8-4-9(13)11-5-8/h7-8H,4-6H2,1-3H3,(H,11,13). The smallest absolute Gasteiger partial charge is 0.227 e. The van der Waals surface area contributed by atoms with Gasteiger partial charge in [-0.15, -0.1) is 0 Å². The van der Waals surface area contributed by atoms with Gasteiger partial charge in [0.1, 0.15) is 0 Å². The summed E-state index contributed by atoms with van der Waals surface area (Å²) in [5, 5.41) is 2.68. The first-order valence-electron chi connectivity index (χ1n) is 5.08. The largest absolute Gasteiger partial charge is 0.355 e. The van der Waals surface area contributed by atoms with E-state index in [1.807, 2.05) is 20.2 Å². The van der Waals surface area contributed by atoms with Crippen LogP contribution < -0.4 is 5.32 Å². The van der Waals surface area contributed by atoms with Crippen LogP contribution in [0, 0.1) is 5.92 Å². The van der Waals surface area contributed by atoms with Gasteiger partial charge < -0.3 is 10.2 Å². The van der Waals surface area contributed by atoms with E-state index < -0.39 is 0 Å². The van der Waals surface area contributed by atoms with Gasteiger partial charge in [-0.05, 0) is 13.2 Å². The Hall–Kier alpha value is -0.710. The molecule has 0 aliphatic carbocycles. The molecule has 4 nitrogen and oxygen atoms in total. The van der Waals surface area contributed by atoms with Gasteiger partial charge in [-0.2, -0.15) is 11.8 Å². The van der Waals surface area contributed by atoms with Crippen molar-refractivity contribution in [3.8, 4) is 0 Å². The molecule has 1 aliphatic heterocycles. The number of rotatable bonds is 4. The molecule has 0 aromatic heterocycles. The summed E-state index contributed by atoms with van der Waals surface area (Å²) in [6.45, 7) is 2.52. The van der Waals surface area contributed by atoms with Crippen LogP contribution in [0.25, 0.3) is 0 Å². The van der Waals surface area contributed by atoms with E-state index >= 15 is 0 Å². The first-order chi connectivity index (χ1) is 7.06. The van der Waals surface area contributed by atoms with Crippen molar-refractivity contribution in [3.05, 3.63) is 0 Å². The van der Waals surface area contributed by atoms with Crippen LogP contribution in [0.4, 0.5) is 0 Å². The maximum atomic E-state index is 11.9. The molecule has 1 fully saturated rings. The van der Waals surface area contributed by atoms with Crippen molar-refractivity contribution in [1.29, 1.82) is 0 Å². The normalized spacial score (nSPS) is 22.3. The molecule has 1 rings (SSSR count). The van der Waals surface area contributed by atoms with E-state index in [4.69, 9.17) is 0 Å². The van der Waals surface area contributed by atoms with Gasteiger partial charge >= 0.3 is 0 Å². The fourth-order valence-electron chi connectivity index (χ4n) is 1.64. The van der Waals surface area contributed by atoms with Crippen LogP contribution in [0.3, 0.4) is 0 Å². The van der Waals surface area contributed by atoms with Gasteiger partial charge in [0, 0.05) is 31.8 Å². The lowest BCUT2D eigenvalue weighted by Crippen LogP contribution is -2.41. The topological polar surface area (TPSA) is 49.4 Å². The fraction of sp³-hybridized carbons (Fsp3) is 0.800. The summed E-state index contributed by atoms with van der Waals surface area (Å²) in [5.74, 6) is 0.831. The molecular weight excluding hydrogens is 212 g/mol. The van der Waals surface area contributed by atoms with Gasteiger partial charge in [-0.1, -0.05) is 0 Å². The number of hydrogen-bond acceptors (Lipinski definition) is 3. The third-order valence-electron chi connectivity index (χ3n) is 2.74. The molecule has 2 atom stereocenters. The minimum Gasteiger partial charge on any atom is -0.355 e. The van der Waals surface area contributed by atoms with Crippen molar-refractivity contribution < 1.29 is 9.59 Å². The Balaban J connectivity index is 2.48. The van der Waals surface area contributed by atoms with E-state index in [0.717, 1.165) is 5.75 Å². The van der Waals surface area contributed by atoms with Gasteiger partial charge in [-0.3, -0.25) is 9.59 Å². The van der Waals surface area contributed by atoms with Crippen LogP contribution in [0.5, 0.6) is 0 Å². The Bertz CT molecular complexity index is 258. The Morgan fingerprint density at radius 3 is 2.87 bits per heavy atom. The zero-order valence-electron chi connectivity index (χ0n) is 9.45. The van der Waals surface area contributed by atoms with Gasteiger partial charge in [0.05, 0.1) is 5.92 Å². The quantitative estimate of drug-likeness (QED) is 0.757. The summed E-state index contributed by atoms with van der Waals surface area (Å²) < 4.78 is 0. The Morgan fingerprint density at radius 2 is 2.40 bits per heavy atom. The van der Waals surface area contributed by atoms with Crippen LogP contribution in [-0.2, 0) is 9.59 Å². The third kappa shape index (κ3) is 3.12. The molecule has 0 spiro atoms. The molecule has 15 heavy (non-hydrogen) atoms. The summed E-state index contributed by atoms with van der Waals surface area (Å²) in [6.07, 6.45) is 2.37. The highest BCUT2D eigenvalue weighted by molar-refractivity contribution is 7.98. The predicted molar refractivity (Wildman–Crippen MR) is 61.7 cm³/mol. The van der Waals surface area contributed by atoms with Crippen LogP contribution in [-0.4, -0.2) is 48.4 Å². The van der Waals surface area contributed by atoms with Crippen molar-refractivity contribution in [2.24, 2.45) is 5.92 Å². The number of nitrogens with zero attached hydrogens (tertiary/aromatic N) is 1. The molecule has 86 valence electrons. The summed E-state index contributed by atoms with van der Waals surface area (Å²) in [6, 6.07) is 0.225. The third-order valence-corrected chi connectivity index (χ3v) is 3.56. The highest BCUT2D eigenvalue weighted by Crippen LogP contribution is 2.14.